The predicted molar refractivity (Wildman–Crippen MR) is 54.4 cm³/mol. The Kier molecular flexibility index (Phi) is 3.78. The maximum absolute atomic E-state index is 9.01. The van der Waals surface area contributed by atoms with E-state index in [4.69, 9.17) is 28.3 Å². The molecule has 1 aromatic rings. The largest absolute Gasteiger partial charge is 0.392 e. The summed E-state index contributed by atoms with van der Waals surface area (Å²) in [5, 5.41) is 12.7. The van der Waals surface area contributed by atoms with Gasteiger partial charge < -0.3 is 10.4 Å². The molecule has 2 N–H and O–H groups in total. The number of nitrogens with one attached hydrogen (secondary N) is 1. The van der Waals surface area contributed by atoms with E-state index in [0.717, 1.165) is 0 Å². The Morgan fingerprint density at radius 1 is 1.54 bits per heavy atom. The highest BCUT2D eigenvalue weighted by molar-refractivity contribution is 6.34. The van der Waals surface area contributed by atoms with Gasteiger partial charge in [0.1, 0.15) is 11.0 Å². The number of nitrogens with zero attached hydrogens (tertiary/aromatic N) is 1. The molecule has 0 spiro atoms. The van der Waals surface area contributed by atoms with Crippen LogP contribution in [0.4, 0.5) is 5.82 Å². The van der Waals surface area contributed by atoms with E-state index in [0.29, 0.717) is 22.5 Å². The molecule has 0 aromatic carbocycles. The first-order valence-corrected chi connectivity index (χ1v) is 4.59. The van der Waals surface area contributed by atoms with Crippen molar-refractivity contribution in [2.75, 3.05) is 11.9 Å². The van der Waals surface area contributed by atoms with Crippen molar-refractivity contribution in [3.8, 4) is 0 Å². The fraction of sp³-hybridized carbons (Fsp3) is 0.375. The quantitative estimate of drug-likeness (QED) is 0.769. The first-order chi connectivity index (χ1) is 6.09. The molecule has 0 unspecified atom stereocenters. The summed E-state index contributed by atoms with van der Waals surface area (Å²) >= 11 is 11.5. The zero-order chi connectivity index (χ0) is 9.84. The van der Waals surface area contributed by atoms with Gasteiger partial charge >= 0.3 is 0 Å². The van der Waals surface area contributed by atoms with Gasteiger partial charge in [0.05, 0.1) is 11.1 Å². The molecule has 0 aliphatic carbocycles. The summed E-state index contributed by atoms with van der Waals surface area (Å²) < 4.78 is 0. The van der Waals surface area contributed by atoms with E-state index in [-0.39, 0.29) is 0 Å². The van der Waals surface area contributed by atoms with Crippen LogP contribution < -0.4 is 5.32 Å². The number of aliphatic hydroxyl groups is 1. The third kappa shape index (κ3) is 3.38. The highest BCUT2D eigenvalue weighted by Crippen LogP contribution is 2.21. The third-order valence-corrected chi connectivity index (χ3v) is 1.89. The molecular weight excluding hydrogens is 211 g/mol. The lowest BCUT2D eigenvalue weighted by Crippen LogP contribution is -2.16. The van der Waals surface area contributed by atoms with Crippen molar-refractivity contribution in [3.05, 3.63) is 22.3 Å². The lowest BCUT2D eigenvalue weighted by molar-refractivity contribution is 0.208. The minimum atomic E-state index is -0.447. The van der Waals surface area contributed by atoms with Crippen LogP contribution in [0.25, 0.3) is 0 Å². The van der Waals surface area contributed by atoms with E-state index in [9.17, 15) is 0 Å². The number of hydrogen-bond donors (Lipinski definition) is 2. The minimum absolute atomic E-state index is 0.373. The van der Waals surface area contributed by atoms with Crippen LogP contribution in [-0.2, 0) is 0 Å². The van der Waals surface area contributed by atoms with E-state index in [1.54, 1.807) is 19.1 Å². The molecule has 0 aliphatic rings. The van der Waals surface area contributed by atoms with Crippen LogP contribution >= 0.6 is 23.2 Å². The van der Waals surface area contributed by atoms with Gasteiger partial charge in [-0.25, -0.2) is 4.98 Å². The van der Waals surface area contributed by atoms with Crippen LogP contribution in [0.15, 0.2) is 12.1 Å². The van der Waals surface area contributed by atoms with Crippen LogP contribution in [0.3, 0.4) is 0 Å². The van der Waals surface area contributed by atoms with Gasteiger partial charge in [-0.1, -0.05) is 23.2 Å². The van der Waals surface area contributed by atoms with Crippen molar-refractivity contribution >= 4 is 29.0 Å². The van der Waals surface area contributed by atoms with Crippen molar-refractivity contribution in [1.29, 1.82) is 0 Å². The topological polar surface area (TPSA) is 45.1 Å². The first kappa shape index (κ1) is 10.6. The first-order valence-electron chi connectivity index (χ1n) is 3.83. The van der Waals surface area contributed by atoms with Gasteiger partial charge in [0.2, 0.25) is 0 Å². The van der Waals surface area contributed by atoms with Gasteiger partial charge in [-0.05, 0) is 19.1 Å². The van der Waals surface area contributed by atoms with E-state index in [1.165, 1.54) is 0 Å². The number of halogens is 2. The number of anilines is 1. The van der Waals surface area contributed by atoms with Crippen LogP contribution in [0.2, 0.25) is 10.2 Å². The lowest BCUT2D eigenvalue weighted by Gasteiger charge is -2.08. The Morgan fingerprint density at radius 3 is 2.85 bits per heavy atom. The summed E-state index contributed by atoms with van der Waals surface area (Å²) in [6, 6.07) is 3.26. The molecule has 5 heteroatoms. The number of rotatable bonds is 3. The van der Waals surface area contributed by atoms with Crippen molar-refractivity contribution in [1.82, 2.24) is 4.98 Å². The van der Waals surface area contributed by atoms with Gasteiger partial charge in [0, 0.05) is 6.54 Å². The fourth-order valence-electron chi connectivity index (χ4n) is 0.787. The molecule has 13 heavy (non-hydrogen) atoms. The van der Waals surface area contributed by atoms with Crippen molar-refractivity contribution < 1.29 is 5.11 Å². The second-order valence-electron chi connectivity index (χ2n) is 2.69. The Labute approximate surface area is 86.7 Å². The summed E-state index contributed by atoms with van der Waals surface area (Å²) in [6.07, 6.45) is -0.447. The number of pyridine rings is 1. The second-order valence-corrected chi connectivity index (χ2v) is 3.49. The third-order valence-electron chi connectivity index (χ3n) is 1.38. The molecule has 72 valence electrons. The number of aromatic nitrogens is 1. The van der Waals surface area contributed by atoms with Crippen molar-refractivity contribution in [3.63, 3.8) is 0 Å². The normalized spacial score (nSPS) is 12.6. The number of hydrogen-bond acceptors (Lipinski definition) is 3. The summed E-state index contributed by atoms with van der Waals surface area (Å²) in [5.41, 5.74) is 0. The molecule has 0 fully saturated rings. The average Bonchev–Trinajstić information content (AvgIpc) is 2.06. The Hall–Kier alpha value is -0.510. The molecule has 1 aromatic heterocycles. The minimum Gasteiger partial charge on any atom is -0.392 e. The molecule has 1 heterocycles. The van der Waals surface area contributed by atoms with Crippen LogP contribution in [0, 0.1) is 0 Å². The van der Waals surface area contributed by atoms with Crippen LogP contribution in [0.5, 0.6) is 0 Å². The Balaban J connectivity index is 2.70. The molecule has 1 rings (SSSR count). The molecule has 3 nitrogen and oxygen atoms in total. The SMILES string of the molecule is C[C@H](O)CNc1nc(Cl)ccc1Cl. The highest BCUT2D eigenvalue weighted by atomic mass is 35.5. The van der Waals surface area contributed by atoms with Gasteiger partial charge in [0.15, 0.2) is 0 Å². The van der Waals surface area contributed by atoms with Gasteiger partial charge in [-0.2, -0.15) is 0 Å². The molecule has 0 saturated heterocycles. The summed E-state index contributed by atoms with van der Waals surface area (Å²) in [6.45, 7) is 2.07. The highest BCUT2D eigenvalue weighted by Gasteiger charge is 2.03. The van der Waals surface area contributed by atoms with Crippen LogP contribution in [-0.4, -0.2) is 22.7 Å². The van der Waals surface area contributed by atoms with E-state index in [1.807, 2.05) is 0 Å². The van der Waals surface area contributed by atoms with Gasteiger partial charge in [-0.3, -0.25) is 0 Å². The van der Waals surface area contributed by atoms with Crippen molar-refractivity contribution in [2.45, 2.75) is 13.0 Å². The second kappa shape index (κ2) is 4.65. The van der Waals surface area contributed by atoms with Gasteiger partial charge in [-0.15, -0.1) is 0 Å². The molecule has 0 radical (unpaired) electrons. The Bertz CT molecular complexity index is 291. The molecule has 1 atom stereocenters. The lowest BCUT2D eigenvalue weighted by atomic mass is 10.4. The molecule has 0 saturated carbocycles. The van der Waals surface area contributed by atoms with Crippen molar-refractivity contribution in [2.24, 2.45) is 0 Å². The standard InChI is InChI=1S/C8H10Cl2N2O/c1-5(13)4-11-8-6(9)2-3-7(10)12-8/h2-3,5,13H,4H2,1H3,(H,11,12)/t5-/m0/s1. The maximum atomic E-state index is 9.01. The molecule has 0 amide bonds. The zero-order valence-electron chi connectivity index (χ0n) is 7.09. The van der Waals surface area contributed by atoms with E-state index >= 15 is 0 Å². The summed E-state index contributed by atoms with van der Waals surface area (Å²) in [4.78, 5) is 3.96. The van der Waals surface area contributed by atoms with Crippen LogP contribution in [0.1, 0.15) is 6.92 Å². The predicted octanol–water partition coefficient (Wildman–Crippen LogP) is 2.18. The zero-order valence-corrected chi connectivity index (χ0v) is 8.60. The van der Waals surface area contributed by atoms with E-state index in [2.05, 4.69) is 10.3 Å². The molecule has 0 bridgehead atoms. The summed E-state index contributed by atoms with van der Waals surface area (Å²) in [5.74, 6) is 0.495. The maximum Gasteiger partial charge on any atom is 0.146 e. The fourth-order valence-corrected chi connectivity index (χ4v) is 1.11. The average molecular weight is 221 g/mol. The van der Waals surface area contributed by atoms with E-state index < -0.39 is 6.10 Å². The molecule has 0 aliphatic heterocycles. The van der Waals surface area contributed by atoms with Gasteiger partial charge in [0.25, 0.3) is 0 Å². The monoisotopic (exact) mass is 220 g/mol. The molecular formula is C8H10Cl2N2O. The summed E-state index contributed by atoms with van der Waals surface area (Å²) in [7, 11) is 0. The number of aliphatic hydroxyl groups excluding tert-OH is 1. The smallest absolute Gasteiger partial charge is 0.146 e. The Morgan fingerprint density at radius 2 is 2.23 bits per heavy atom.